The van der Waals surface area contributed by atoms with Crippen molar-refractivity contribution in [1.29, 1.82) is 0 Å². The second kappa shape index (κ2) is 5.25. The molecule has 3 N–H and O–H groups in total. The van der Waals surface area contributed by atoms with Crippen LogP contribution in [0.4, 0.5) is 17.1 Å². The highest BCUT2D eigenvalue weighted by molar-refractivity contribution is 9.10. The van der Waals surface area contributed by atoms with Crippen molar-refractivity contribution in [2.75, 3.05) is 24.3 Å². The number of nitrogens with one attached hydrogen (secondary N) is 1. The predicted octanol–water partition coefficient (Wildman–Crippen LogP) is 3.85. The first-order chi connectivity index (χ1) is 9.63. The van der Waals surface area contributed by atoms with E-state index in [4.69, 9.17) is 15.2 Å². The summed E-state index contributed by atoms with van der Waals surface area (Å²) in [7, 11) is 0. The van der Waals surface area contributed by atoms with Gasteiger partial charge in [-0.3, -0.25) is 0 Å². The van der Waals surface area contributed by atoms with E-state index in [2.05, 4.69) is 27.3 Å². The Labute approximate surface area is 126 Å². The molecule has 0 spiro atoms. The minimum atomic E-state index is 0.561. The molecule has 0 saturated carbocycles. The number of ether oxygens (including phenoxy) is 2. The maximum Gasteiger partial charge on any atom is 0.163 e. The Kier molecular flexibility index (Phi) is 3.44. The van der Waals surface area contributed by atoms with Gasteiger partial charge in [0.1, 0.15) is 13.2 Å². The van der Waals surface area contributed by atoms with Gasteiger partial charge in [0.2, 0.25) is 0 Å². The topological polar surface area (TPSA) is 56.5 Å². The number of halogens is 1. The maximum absolute atomic E-state index is 6.05. The molecule has 20 heavy (non-hydrogen) atoms. The highest BCUT2D eigenvalue weighted by Gasteiger charge is 2.14. The third kappa shape index (κ3) is 2.54. The minimum absolute atomic E-state index is 0.561. The molecule has 1 heterocycles. The van der Waals surface area contributed by atoms with E-state index in [-0.39, 0.29) is 0 Å². The van der Waals surface area contributed by atoms with Crippen LogP contribution in [0.25, 0.3) is 0 Å². The molecule has 104 valence electrons. The van der Waals surface area contributed by atoms with Crippen LogP contribution in [0.3, 0.4) is 0 Å². The van der Waals surface area contributed by atoms with Crippen molar-refractivity contribution in [3.8, 4) is 11.5 Å². The molecule has 0 atom stereocenters. The fraction of sp³-hybridized carbons (Fsp3) is 0.200. The summed E-state index contributed by atoms with van der Waals surface area (Å²) in [5, 5.41) is 3.31. The summed E-state index contributed by atoms with van der Waals surface area (Å²) >= 11 is 3.49. The lowest BCUT2D eigenvalue weighted by molar-refractivity contribution is 0.172. The molecule has 4 nitrogen and oxygen atoms in total. The molecule has 0 radical (unpaired) electrons. The zero-order chi connectivity index (χ0) is 14.1. The van der Waals surface area contributed by atoms with Crippen LogP contribution in [-0.4, -0.2) is 13.2 Å². The van der Waals surface area contributed by atoms with E-state index in [0.29, 0.717) is 24.7 Å². The molecule has 0 fully saturated rings. The molecular weight excluding hydrogens is 320 g/mol. The zero-order valence-electron chi connectivity index (χ0n) is 11.1. The van der Waals surface area contributed by atoms with Gasteiger partial charge in [-0.2, -0.15) is 0 Å². The number of aryl methyl sites for hydroxylation is 1. The van der Waals surface area contributed by atoms with Crippen molar-refractivity contribution >= 4 is 33.0 Å². The molecule has 0 aliphatic carbocycles. The number of anilines is 3. The van der Waals surface area contributed by atoms with E-state index in [1.54, 1.807) is 6.07 Å². The van der Waals surface area contributed by atoms with E-state index in [9.17, 15) is 0 Å². The molecule has 1 aliphatic rings. The Morgan fingerprint density at radius 2 is 1.80 bits per heavy atom. The van der Waals surface area contributed by atoms with Gasteiger partial charge in [0.25, 0.3) is 0 Å². The van der Waals surface area contributed by atoms with Crippen molar-refractivity contribution in [1.82, 2.24) is 0 Å². The monoisotopic (exact) mass is 334 g/mol. The zero-order valence-corrected chi connectivity index (χ0v) is 12.7. The highest BCUT2D eigenvalue weighted by Crippen LogP contribution is 2.38. The van der Waals surface area contributed by atoms with E-state index >= 15 is 0 Å². The van der Waals surface area contributed by atoms with Crippen molar-refractivity contribution < 1.29 is 9.47 Å². The van der Waals surface area contributed by atoms with Crippen molar-refractivity contribution in [2.24, 2.45) is 0 Å². The number of benzene rings is 2. The molecule has 1 aliphatic heterocycles. The SMILES string of the molecule is Cc1cc(Nc2cc3c(cc2N)OCCO3)ccc1Br. The van der Waals surface area contributed by atoms with Crippen LogP contribution in [0.2, 0.25) is 0 Å². The number of hydrogen-bond donors (Lipinski definition) is 2. The van der Waals surface area contributed by atoms with Gasteiger partial charge in [-0.05, 0) is 30.7 Å². The Bertz CT molecular complexity index is 659. The fourth-order valence-electron chi connectivity index (χ4n) is 2.09. The lowest BCUT2D eigenvalue weighted by atomic mass is 10.2. The number of nitrogens with two attached hydrogens (primary N) is 1. The summed E-state index contributed by atoms with van der Waals surface area (Å²) in [6, 6.07) is 9.73. The molecule has 0 unspecified atom stereocenters. The summed E-state index contributed by atoms with van der Waals surface area (Å²) in [5.41, 5.74) is 9.64. The number of rotatable bonds is 2. The van der Waals surface area contributed by atoms with Crippen molar-refractivity contribution in [2.45, 2.75) is 6.92 Å². The van der Waals surface area contributed by atoms with Gasteiger partial charge >= 0.3 is 0 Å². The molecule has 2 aromatic carbocycles. The van der Waals surface area contributed by atoms with Crippen molar-refractivity contribution in [3.05, 3.63) is 40.4 Å². The van der Waals surface area contributed by atoms with E-state index in [1.165, 1.54) is 0 Å². The molecule has 3 rings (SSSR count). The van der Waals surface area contributed by atoms with Crippen LogP contribution < -0.4 is 20.5 Å². The van der Waals surface area contributed by atoms with Crippen LogP contribution in [0, 0.1) is 6.92 Å². The second-order valence-corrected chi connectivity index (χ2v) is 5.53. The first-order valence-corrected chi connectivity index (χ1v) is 7.15. The summed E-state index contributed by atoms with van der Waals surface area (Å²) in [6.45, 7) is 3.17. The first kappa shape index (κ1) is 13.1. The quantitative estimate of drug-likeness (QED) is 0.819. The van der Waals surface area contributed by atoms with Crippen LogP contribution in [0.5, 0.6) is 11.5 Å². The van der Waals surface area contributed by atoms with Crippen LogP contribution in [0.1, 0.15) is 5.56 Å². The number of hydrogen-bond acceptors (Lipinski definition) is 4. The third-order valence-corrected chi connectivity index (χ3v) is 4.04. The summed E-state index contributed by atoms with van der Waals surface area (Å²) < 4.78 is 12.2. The lowest BCUT2D eigenvalue weighted by Gasteiger charge is -2.20. The summed E-state index contributed by atoms with van der Waals surface area (Å²) in [5.74, 6) is 1.42. The van der Waals surface area contributed by atoms with E-state index in [0.717, 1.165) is 27.2 Å². The lowest BCUT2D eigenvalue weighted by Crippen LogP contribution is -2.15. The van der Waals surface area contributed by atoms with E-state index in [1.807, 2.05) is 25.1 Å². The van der Waals surface area contributed by atoms with Gasteiger partial charge in [0, 0.05) is 22.3 Å². The maximum atomic E-state index is 6.05. The first-order valence-electron chi connectivity index (χ1n) is 6.36. The number of nitrogen functional groups attached to an aromatic ring is 1. The molecule has 0 bridgehead atoms. The normalized spacial score (nSPS) is 13.1. The number of fused-ring (bicyclic) bond motifs is 1. The Morgan fingerprint density at radius 3 is 2.50 bits per heavy atom. The highest BCUT2D eigenvalue weighted by atomic mass is 79.9. The third-order valence-electron chi connectivity index (χ3n) is 3.15. The van der Waals surface area contributed by atoms with Gasteiger partial charge in [-0.25, -0.2) is 0 Å². The Hall–Kier alpha value is -1.88. The van der Waals surface area contributed by atoms with Gasteiger partial charge in [-0.15, -0.1) is 0 Å². The van der Waals surface area contributed by atoms with Gasteiger partial charge in [0.05, 0.1) is 11.4 Å². The van der Waals surface area contributed by atoms with Gasteiger partial charge in [-0.1, -0.05) is 15.9 Å². The average molecular weight is 335 g/mol. The van der Waals surface area contributed by atoms with Gasteiger partial charge < -0.3 is 20.5 Å². The molecule has 5 heteroatoms. The molecular formula is C15H15BrN2O2. The molecule has 0 saturated heterocycles. The standard InChI is InChI=1S/C15H15BrN2O2/c1-9-6-10(2-3-11(9)16)18-13-8-15-14(7-12(13)17)19-4-5-20-15/h2-3,6-8,18H,4-5,17H2,1H3. The summed E-state index contributed by atoms with van der Waals surface area (Å²) in [6.07, 6.45) is 0. The van der Waals surface area contributed by atoms with Crippen LogP contribution in [0.15, 0.2) is 34.8 Å². The fourth-order valence-corrected chi connectivity index (χ4v) is 2.34. The second-order valence-electron chi connectivity index (χ2n) is 4.67. The largest absolute Gasteiger partial charge is 0.486 e. The molecule has 0 amide bonds. The Morgan fingerprint density at radius 1 is 1.10 bits per heavy atom. The smallest absolute Gasteiger partial charge is 0.163 e. The minimum Gasteiger partial charge on any atom is -0.486 e. The predicted molar refractivity (Wildman–Crippen MR) is 84.0 cm³/mol. The van der Waals surface area contributed by atoms with Crippen LogP contribution >= 0.6 is 15.9 Å². The van der Waals surface area contributed by atoms with E-state index < -0.39 is 0 Å². The molecule has 2 aromatic rings. The Balaban J connectivity index is 1.92. The average Bonchev–Trinajstić information content (AvgIpc) is 2.44. The van der Waals surface area contributed by atoms with Crippen LogP contribution in [-0.2, 0) is 0 Å². The molecule has 0 aromatic heterocycles. The van der Waals surface area contributed by atoms with Crippen molar-refractivity contribution in [3.63, 3.8) is 0 Å². The summed E-state index contributed by atoms with van der Waals surface area (Å²) in [4.78, 5) is 0. The van der Waals surface area contributed by atoms with Gasteiger partial charge in [0.15, 0.2) is 11.5 Å².